The van der Waals surface area contributed by atoms with Gasteiger partial charge in [0.1, 0.15) is 0 Å². The van der Waals surface area contributed by atoms with Gasteiger partial charge in [0.15, 0.2) is 0 Å². The molecule has 0 bridgehead atoms. The molecule has 0 saturated heterocycles. The number of sulfonamides is 1. The SMILES string of the molecule is CN(CCNS(=O)(=O)c1ccc(Cl)c(C(=O)O)c1)C1CC1. The average Bonchev–Trinajstić information content (AvgIpc) is 3.22. The lowest BCUT2D eigenvalue weighted by Crippen LogP contribution is -2.34. The van der Waals surface area contributed by atoms with Crippen LogP contribution in [0, 0.1) is 0 Å². The molecule has 0 radical (unpaired) electrons. The van der Waals surface area contributed by atoms with E-state index in [9.17, 15) is 13.2 Å². The lowest BCUT2D eigenvalue weighted by molar-refractivity contribution is 0.0697. The summed E-state index contributed by atoms with van der Waals surface area (Å²) < 4.78 is 26.7. The topological polar surface area (TPSA) is 86.7 Å². The summed E-state index contributed by atoms with van der Waals surface area (Å²) in [7, 11) is -1.78. The highest BCUT2D eigenvalue weighted by molar-refractivity contribution is 7.89. The van der Waals surface area contributed by atoms with E-state index in [1.165, 1.54) is 12.1 Å². The van der Waals surface area contributed by atoms with E-state index >= 15 is 0 Å². The van der Waals surface area contributed by atoms with E-state index in [1.54, 1.807) is 0 Å². The molecule has 116 valence electrons. The largest absolute Gasteiger partial charge is 0.478 e. The standard InChI is InChI=1S/C13H17ClN2O4S/c1-16(9-2-3-9)7-6-15-21(19,20)10-4-5-12(14)11(8-10)13(17)18/h4-5,8-9,15H,2-3,6-7H2,1H3,(H,17,18). The molecule has 21 heavy (non-hydrogen) atoms. The highest BCUT2D eigenvalue weighted by Crippen LogP contribution is 2.24. The van der Waals surface area contributed by atoms with Gasteiger partial charge in [0.25, 0.3) is 0 Å². The van der Waals surface area contributed by atoms with Crippen molar-refractivity contribution in [3.05, 3.63) is 28.8 Å². The smallest absolute Gasteiger partial charge is 0.337 e. The van der Waals surface area contributed by atoms with Crippen LogP contribution in [0.3, 0.4) is 0 Å². The molecule has 0 atom stereocenters. The number of aromatic carboxylic acids is 1. The Morgan fingerprint density at radius 3 is 2.71 bits per heavy atom. The second-order valence-corrected chi connectivity index (χ2v) is 7.23. The van der Waals surface area contributed by atoms with Crippen LogP contribution in [-0.2, 0) is 10.0 Å². The van der Waals surface area contributed by atoms with Crippen LogP contribution in [0.1, 0.15) is 23.2 Å². The Morgan fingerprint density at radius 1 is 1.48 bits per heavy atom. The number of hydrogen-bond acceptors (Lipinski definition) is 4. The van der Waals surface area contributed by atoms with Crippen LogP contribution >= 0.6 is 11.6 Å². The first-order valence-corrected chi connectivity index (χ1v) is 8.40. The third-order valence-corrected chi connectivity index (χ3v) is 5.19. The van der Waals surface area contributed by atoms with Crippen LogP contribution in [0.15, 0.2) is 23.1 Å². The zero-order valence-electron chi connectivity index (χ0n) is 11.5. The fourth-order valence-corrected chi connectivity index (χ4v) is 3.22. The third-order valence-electron chi connectivity index (χ3n) is 3.41. The van der Waals surface area contributed by atoms with E-state index in [2.05, 4.69) is 9.62 Å². The van der Waals surface area contributed by atoms with Crippen molar-refractivity contribution >= 4 is 27.6 Å². The number of likely N-dealkylation sites (N-methyl/N-ethyl adjacent to an activating group) is 1. The van der Waals surface area contributed by atoms with Gasteiger partial charge in [-0.15, -0.1) is 0 Å². The van der Waals surface area contributed by atoms with E-state index in [0.717, 1.165) is 18.9 Å². The molecular weight excluding hydrogens is 316 g/mol. The van der Waals surface area contributed by atoms with Crippen LogP contribution in [0.4, 0.5) is 0 Å². The van der Waals surface area contributed by atoms with Crippen molar-refractivity contribution in [2.24, 2.45) is 0 Å². The van der Waals surface area contributed by atoms with Crippen molar-refractivity contribution in [2.45, 2.75) is 23.8 Å². The Kier molecular flexibility index (Phi) is 4.88. The fraction of sp³-hybridized carbons (Fsp3) is 0.462. The minimum Gasteiger partial charge on any atom is -0.478 e. The number of rotatable bonds is 7. The van der Waals surface area contributed by atoms with E-state index in [1.807, 2.05) is 7.05 Å². The Morgan fingerprint density at radius 2 is 2.14 bits per heavy atom. The van der Waals surface area contributed by atoms with Crippen molar-refractivity contribution in [1.82, 2.24) is 9.62 Å². The lowest BCUT2D eigenvalue weighted by atomic mass is 10.2. The van der Waals surface area contributed by atoms with Crippen LogP contribution in [0.25, 0.3) is 0 Å². The van der Waals surface area contributed by atoms with Crippen molar-refractivity contribution in [2.75, 3.05) is 20.1 Å². The number of benzene rings is 1. The average molecular weight is 333 g/mol. The van der Waals surface area contributed by atoms with Gasteiger partial charge in [-0.3, -0.25) is 0 Å². The monoisotopic (exact) mass is 332 g/mol. The summed E-state index contributed by atoms with van der Waals surface area (Å²) in [5.74, 6) is -1.26. The highest BCUT2D eigenvalue weighted by Gasteiger charge is 2.26. The van der Waals surface area contributed by atoms with Gasteiger partial charge < -0.3 is 10.0 Å². The lowest BCUT2D eigenvalue weighted by Gasteiger charge is -2.16. The van der Waals surface area contributed by atoms with Crippen LogP contribution < -0.4 is 4.72 Å². The molecule has 1 fully saturated rings. The van der Waals surface area contributed by atoms with Gasteiger partial charge in [-0.2, -0.15) is 0 Å². The summed E-state index contributed by atoms with van der Waals surface area (Å²) in [6.07, 6.45) is 2.31. The van der Waals surface area contributed by atoms with E-state index in [4.69, 9.17) is 16.7 Å². The van der Waals surface area contributed by atoms with Gasteiger partial charge in [-0.25, -0.2) is 17.9 Å². The third kappa shape index (κ3) is 4.16. The van der Waals surface area contributed by atoms with E-state index in [-0.39, 0.29) is 22.0 Å². The number of nitrogens with one attached hydrogen (secondary N) is 1. The number of carboxylic acids is 1. The van der Waals surface area contributed by atoms with Gasteiger partial charge >= 0.3 is 5.97 Å². The summed E-state index contributed by atoms with van der Waals surface area (Å²) >= 11 is 5.73. The van der Waals surface area contributed by atoms with Crippen molar-refractivity contribution in [3.8, 4) is 0 Å². The number of carbonyl (C=O) groups is 1. The van der Waals surface area contributed by atoms with Crippen LogP contribution in [-0.4, -0.2) is 50.6 Å². The fourth-order valence-electron chi connectivity index (χ4n) is 1.97. The highest BCUT2D eigenvalue weighted by atomic mass is 35.5. The molecule has 8 heteroatoms. The molecule has 1 aromatic carbocycles. The van der Waals surface area contributed by atoms with E-state index < -0.39 is 16.0 Å². The predicted octanol–water partition coefficient (Wildman–Crippen LogP) is 1.41. The van der Waals surface area contributed by atoms with Gasteiger partial charge in [0.05, 0.1) is 15.5 Å². The Balaban J connectivity index is 2.04. The zero-order valence-corrected chi connectivity index (χ0v) is 13.1. The number of halogens is 1. The summed E-state index contributed by atoms with van der Waals surface area (Å²) in [6.45, 7) is 0.892. The summed E-state index contributed by atoms with van der Waals surface area (Å²) in [6, 6.07) is 4.19. The summed E-state index contributed by atoms with van der Waals surface area (Å²) in [5.41, 5.74) is -0.227. The second-order valence-electron chi connectivity index (χ2n) is 5.06. The van der Waals surface area contributed by atoms with Gasteiger partial charge in [-0.1, -0.05) is 11.6 Å². The van der Waals surface area contributed by atoms with Crippen molar-refractivity contribution < 1.29 is 18.3 Å². The molecule has 2 N–H and O–H groups in total. The first-order valence-electron chi connectivity index (χ1n) is 6.54. The summed E-state index contributed by atoms with van der Waals surface area (Å²) in [4.78, 5) is 13.0. The molecule has 6 nitrogen and oxygen atoms in total. The molecule has 1 aliphatic rings. The van der Waals surface area contributed by atoms with Gasteiger partial charge in [-0.05, 0) is 38.1 Å². The Hall–Kier alpha value is -1.15. The van der Waals surface area contributed by atoms with Crippen molar-refractivity contribution in [1.29, 1.82) is 0 Å². The molecule has 1 aliphatic carbocycles. The minimum absolute atomic E-state index is 0.00918. The number of nitrogens with zero attached hydrogens (tertiary/aromatic N) is 1. The maximum atomic E-state index is 12.1. The number of carboxylic acid groups (broad SMARTS) is 1. The Labute approximate surface area is 128 Å². The quantitative estimate of drug-likeness (QED) is 0.788. The van der Waals surface area contributed by atoms with Gasteiger partial charge in [0.2, 0.25) is 10.0 Å². The maximum absolute atomic E-state index is 12.1. The maximum Gasteiger partial charge on any atom is 0.337 e. The number of hydrogen-bond donors (Lipinski definition) is 2. The van der Waals surface area contributed by atoms with Crippen LogP contribution in [0.2, 0.25) is 5.02 Å². The van der Waals surface area contributed by atoms with Gasteiger partial charge in [0, 0.05) is 19.1 Å². The minimum atomic E-state index is -3.73. The first-order chi connectivity index (χ1) is 9.81. The molecule has 0 spiro atoms. The molecular formula is C13H17ClN2O4S. The first kappa shape index (κ1) is 16.2. The molecule has 1 aromatic rings. The molecule has 0 amide bonds. The van der Waals surface area contributed by atoms with Crippen molar-refractivity contribution in [3.63, 3.8) is 0 Å². The zero-order chi connectivity index (χ0) is 15.6. The predicted molar refractivity (Wildman–Crippen MR) is 79.3 cm³/mol. The Bertz CT molecular complexity index is 644. The van der Waals surface area contributed by atoms with Crippen LogP contribution in [0.5, 0.6) is 0 Å². The normalized spacial score (nSPS) is 15.4. The molecule has 2 rings (SSSR count). The molecule has 0 aliphatic heterocycles. The second kappa shape index (κ2) is 6.31. The molecule has 0 heterocycles. The molecule has 1 saturated carbocycles. The molecule has 0 unspecified atom stereocenters. The molecule has 0 aromatic heterocycles. The summed E-state index contributed by atoms with van der Waals surface area (Å²) in [5, 5.41) is 8.98. The van der Waals surface area contributed by atoms with E-state index in [0.29, 0.717) is 12.6 Å².